The number of anilines is 1. The van der Waals surface area contributed by atoms with E-state index in [-0.39, 0.29) is 18.4 Å². The van der Waals surface area contributed by atoms with Crippen molar-refractivity contribution >= 4 is 17.4 Å². The van der Waals surface area contributed by atoms with Gasteiger partial charge in [-0.25, -0.2) is 9.50 Å². The summed E-state index contributed by atoms with van der Waals surface area (Å²) in [4.78, 5) is 24.6. The third-order valence-electron chi connectivity index (χ3n) is 5.48. The van der Waals surface area contributed by atoms with Crippen LogP contribution in [0.4, 0.5) is 5.69 Å². The molecule has 2 aromatic heterocycles. The number of aromatic nitrogens is 4. The number of hydrogen-bond donors (Lipinski definition) is 0. The molecule has 1 unspecified atom stereocenters. The van der Waals surface area contributed by atoms with Crippen molar-refractivity contribution in [1.29, 1.82) is 0 Å². The normalized spacial score (nSPS) is 12.1. The first-order chi connectivity index (χ1) is 15.0. The fraction of sp³-hybridized carbons (Fsp3) is 0.280. The maximum atomic E-state index is 13.7. The van der Waals surface area contributed by atoms with Crippen molar-refractivity contribution in [2.75, 3.05) is 4.90 Å². The van der Waals surface area contributed by atoms with Crippen LogP contribution in [0.3, 0.4) is 0 Å². The summed E-state index contributed by atoms with van der Waals surface area (Å²) in [5.74, 6) is 0.927. The fourth-order valence-electron chi connectivity index (χ4n) is 3.86. The average molecular weight is 414 g/mol. The largest absolute Gasteiger partial charge is 0.304 e. The SMILES string of the molecule is CCC(C(=O)N(Cc1nc2nc(C)cc(C)n2n1)c1ccc(C)cc1)c1ccccc1. The van der Waals surface area contributed by atoms with E-state index < -0.39 is 0 Å². The van der Waals surface area contributed by atoms with Gasteiger partial charge in [0, 0.05) is 17.1 Å². The number of rotatable bonds is 6. The maximum Gasteiger partial charge on any atom is 0.252 e. The van der Waals surface area contributed by atoms with E-state index in [9.17, 15) is 4.79 Å². The third kappa shape index (κ3) is 4.33. The van der Waals surface area contributed by atoms with Crippen molar-refractivity contribution in [3.8, 4) is 0 Å². The molecule has 2 aromatic carbocycles. The van der Waals surface area contributed by atoms with Gasteiger partial charge in [0.2, 0.25) is 5.91 Å². The van der Waals surface area contributed by atoms with Crippen LogP contribution in [0, 0.1) is 20.8 Å². The summed E-state index contributed by atoms with van der Waals surface area (Å²) in [5, 5.41) is 4.63. The van der Waals surface area contributed by atoms with Crippen LogP contribution in [-0.2, 0) is 11.3 Å². The third-order valence-corrected chi connectivity index (χ3v) is 5.48. The number of carbonyl (C=O) groups is 1. The van der Waals surface area contributed by atoms with Gasteiger partial charge in [0.05, 0.1) is 12.5 Å². The van der Waals surface area contributed by atoms with Gasteiger partial charge in [-0.15, -0.1) is 5.10 Å². The molecule has 0 fully saturated rings. The molecule has 0 saturated heterocycles. The predicted octanol–water partition coefficient (Wildman–Crippen LogP) is 4.78. The van der Waals surface area contributed by atoms with E-state index in [0.29, 0.717) is 18.0 Å². The molecule has 0 aliphatic heterocycles. The Morgan fingerprint density at radius 1 is 1.00 bits per heavy atom. The Labute approximate surface area is 182 Å². The second-order valence-corrected chi connectivity index (χ2v) is 7.91. The van der Waals surface area contributed by atoms with E-state index in [1.807, 2.05) is 88.4 Å². The van der Waals surface area contributed by atoms with Crippen LogP contribution < -0.4 is 4.90 Å². The Kier molecular flexibility index (Phi) is 5.80. The van der Waals surface area contributed by atoms with Crippen molar-refractivity contribution in [2.45, 2.75) is 46.6 Å². The van der Waals surface area contributed by atoms with Gasteiger partial charge in [-0.2, -0.15) is 4.98 Å². The van der Waals surface area contributed by atoms with Crippen molar-refractivity contribution in [3.63, 3.8) is 0 Å². The molecule has 158 valence electrons. The number of amides is 1. The van der Waals surface area contributed by atoms with Gasteiger partial charge in [-0.1, -0.05) is 55.0 Å². The van der Waals surface area contributed by atoms with Crippen molar-refractivity contribution in [2.24, 2.45) is 0 Å². The second kappa shape index (κ2) is 8.68. The van der Waals surface area contributed by atoms with Crippen LogP contribution in [0.25, 0.3) is 5.78 Å². The average Bonchev–Trinajstić information content (AvgIpc) is 3.17. The molecule has 0 aliphatic carbocycles. The zero-order valence-corrected chi connectivity index (χ0v) is 18.4. The lowest BCUT2D eigenvalue weighted by atomic mass is 9.94. The van der Waals surface area contributed by atoms with Crippen LogP contribution in [0.1, 0.15) is 47.6 Å². The molecular formula is C25H27N5O. The number of aryl methyl sites for hydroxylation is 3. The molecule has 4 aromatic rings. The van der Waals surface area contributed by atoms with E-state index in [2.05, 4.69) is 15.1 Å². The van der Waals surface area contributed by atoms with Gasteiger partial charge in [-0.05, 0) is 51.0 Å². The van der Waals surface area contributed by atoms with Gasteiger partial charge in [0.15, 0.2) is 5.82 Å². The molecule has 1 atom stereocenters. The molecule has 0 bridgehead atoms. The van der Waals surface area contributed by atoms with Crippen LogP contribution >= 0.6 is 0 Å². The van der Waals surface area contributed by atoms with Crippen molar-refractivity contribution in [1.82, 2.24) is 19.6 Å². The summed E-state index contributed by atoms with van der Waals surface area (Å²) in [7, 11) is 0. The minimum Gasteiger partial charge on any atom is -0.304 e. The minimum atomic E-state index is -0.235. The highest BCUT2D eigenvalue weighted by molar-refractivity contribution is 5.98. The molecule has 0 saturated carbocycles. The smallest absolute Gasteiger partial charge is 0.252 e. The fourth-order valence-corrected chi connectivity index (χ4v) is 3.86. The molecule has 6 nitrogen and oxygen atoms in total. The number of carbonyl (C=O) groups excluding carboxylic acids is 1. The van der Waals surface area contributed by atoms with E-state index in [1.165, 1.54) is 0 Å². The molecule has 0 spiro atoms. The van der Waals surface area contributed by atoms with Gasteiger partial charge < -0.3 is 4.90 Å². The highest BCUT2D eigenvalue weighted by atomic mass is 16.2. The maximum absolute atomic E-state index is 13.7. The van der Waals surface area contributed by atoms with Gasteiger partial charge in [0.1, 0.15) is 0 Å². The first-order valence-corrected chi connectivity index (χ1v) is 10.6. The van der Waals surface area contributed by atoms with Crippen LogP contribution in [0.2, 0.25) is 0 Å². The van der Waals surface area contributed by atoms with Gasteiger partial charge in [-0.3, -0.25) is 4.79 Å². The van der Waals surface area contributed by atoms with Crippen LogP contribution in [0.15, 0.2) is 60.7 Å². The van der Waals surface area contributed by atoms with E-state index >= 15 is 0 Å². The van der Waals surface area contributed by atoms with E-state index in [1.54, 1.807) is 9.42 Å². The highest BCUT2D eigenvalue weighted by Crippen LogP contribution is 2.27. The zero-order chi connectivity index (χ0) is 22.0. The summed E-state index contributed by atoms with van der Waals surface area (Å²) in [6, 6.07) is 19.9. The number of fused-ring (bicyclic) bond motifs is 1. The topological polar surface area (TPSA) is 63.4 Å². The van der Waals surface area contributed by atoms with E-state index in [4.69, 9.17) is 0 Å². The Balaban J connectivity index is 1.73. The molecule has 0 N–H and O–H groups in total. The quantitative estimate of drug-likeness (QED) is 0.456. The Morgan fingerprint density at radius 3 is 2.39 bits per heavy atom. The first kappa shape index (κ1) is 20.7. The van der Waals surface area contributed by atoms with E-state index in [0.717, 1.165) is 28.2 Å². The van der Waals surface area contributed by atoms with Crippen LogP contribution in [-0.4, -0.2) is 25.5 Å². The standard InChI is InChI=1S/C25H27N5O/c1-5-22(20-9-7-6-8-10-20)24(31)29(21-13-11-17(2)12-14-21)16-23-27-25-26-18(3)15-19(4)30(25)28-23/h6-15,22H,5,16H2,1-4H3. The minimum absolute atomic E-state index is 0.0391. The monoisotopic (exact) mass is 413 g/mol. The molecule has 2 heterocycles. The van der Waals surface area contributed by atoms with Crippen LogP contribution in [0.5, 0.6) is 0 Å². The molecule has 1 amide bonds. The molecule has 0 radical (unpaired) electrons. The highest BCUT2D eigenvalue weighted by Gasteiger charge is 2.27. The summed E-state index contributed by atoms with van der Waals surface area (Å²) in [6.07, 6.45) is 0.712. The summed E-state index contributed by atoms with van der Waals surface area (Å²) in [5.41, 5.74) is 4.86. The molecule has 31 heavy (non-hydrogen) atoms. The lowest BCUT2D eigenvalue weighted by Gasteiger charge is -2.26. The lowest BCUT2D eigenvalue weighted by molar-refractivity contribution is -0.120. The first-order valence-electron chi connectivity index (χ1n) is 10.6. The molecule has 6 heteroatoms. The second-order valence-electron chi connectivity index (χ2n) is 7.91. The van der Waals surface area contributed by atoms with Gasteiger partial charge in [0.25, 0.3) is 5.78 Å². The lowest BCUT2D eigenvalue weighted by Crippen LogP contribution is -2.35. The summed E-state index contributed by atoms with van der Waals surface area (Å²) < 4.78 is 1.73. The zero-order valence-electron chi connectivity index (χ0n) is 18.4. The number of nitrogens with zero attached hydrogens (tertiary/aromatic N) is 5. The molecule has 0 aliphatic rings. The Morgan fingerprint density at radius 2 is 1.71 bits per heavy atom. The summed E-state index contributed by atoms with van der Waals surface area (Å²) in [6.45, 7) is 8.28. The van der Waals surface area contributed by atoms with Gasteiger partial charge >= 0.3 is 0 Å². The van der Waals surface area contributed by atoms with Crippen molar-refractivity contribution in [3.05, 3.63) is 89.0 Å². The molecular weight excluding hydrogens is 386 g/mol. The Hall–Kier alpha value is -3.54. The van der Waals surface area contributed by atoms with Crippen molar-refractivity contribution < 1.29 is 4.79 Å². The predicted molar refractivity (Wildman–Crippen MR) is 122 cm³/mol. The summed E-state index contributed by atoms with van der Waals surface area (Å²) >= 11 is 0. The Bertz CT molecular complexity index is 1200. The molecule has 4 rings (SSSR count). The number of hydrogen-bond acceptors (Lipinski definition) is 4. The number of benzene rings is 2.